The molecule has 1 aromatic heterocycles. The number of nitrogens with one attached hydrogen (secondary N) is 1. The third kappa shape index (κ3) is 3.50. The van der Waals surface area contributed by atoms with Gasteiger partial charge in [0.15, 0.2) is 0 Å². The molecule has 3 rings (SSSR count). The molecule has 1 N–H and O–H groups in total. The predicted octanol–water partition coefficient (Wildman–Crippen LogP) is 3.50. The molecule has 1 aromatic carbocycles. The summed E-state index contributed by atoms with van der Waals surface area (Å²) in [4.78, 5) is 9.36. The van der Waals surface area contributed by atoms with E-state index in [1.54, 1.807) is 6.33 Å². The van der Waals surface area contributed by atoms with E-state index in [4.69, 9.17) is 0 Å². The molecule has 0 spiro atoms. The zero-order valence-corrected chi connectivity index (χ0v) is 12.1. The molecule has 0 saturated carbocycles. The molecule has 1 unspecified atom stereocenters. The molecule has 0 amide bonds. The number of halogens is 3. The lowest BCUT2D eigenvalue weighted by molar-refractivity contribution is -0.139. The molecule has 1 aliphatic rings. The van der Waals surface area contributed by atoms with Gasteiger partial charge in [-0.05, 0) is 12.0 Å². The maximum atomic E-state index is 12.6. The SMILES string of the molecule is FC(F)(F)CCN1CCc2[nH]cnc2C1Cc1ccccc1. The fourth-order valence-corrected chi connectivity index (χ4v) is 3.00. The van der Waals surface area contributed by atoms with Crippen LogP contribution in [0.2, 0.25) is 0 Å². The number of hydrogen-bond acceptors (Lipinski definition) is 2. The van der Waals surface area contributed by atoms with Crippen molar-refractivity contribution in [3.63, 3.8) is 0 Å². The van der Waals surface area contributed by atoms with Gasteiger partial charge in [-0.1, -0.05) is 30.3 Å². The highest BCUT2D eigenvalue weighted by Gasteiger charge is 2.33. The number of aromatic amines is 1. The molecule has 22 heavy (non-hydrogen) atoms. The summed E-state index contributed by atoms with van der Waals surface area (Å²) in [6.07, 6.45) is -1.87. The summed E-state index contributed by atoms with van der Waals surface area (Å²) in [7, 11) is 0. The number of fused-ring (bicyclic) bond motifs is 1. The van der Waals surface area contributed by atoms with Crippen LogP contribution in [0.1, 0.15) is 29.4 Å². The Hall–Kier alpha value is -1.82. The molecule has 0 bridgehead atoms. The summed E-state index contributed by atoms with van der Waals surface area (Å²) in [6, 6.07) is 9.74. The number of hydrogen-bond donors (Lipinski definition) is 1. The van der Waals surface area contributed by atoms with E-state index in [2.05, 4.69) is 9.97 Å². The molecule has 0 fully saturated rings. The van der Waals surface area contributed by atoms with Crippen molar-refractivity contribution in [1.29, 1.82) is 0 Å². The van der Waals surface area contributed by atoms with E-state index in [0.717, 1.165) is 23.4 Å². The molecule has 6 heteroatoms. The Bertz CT molecular complexity index is 607. The molecule has 2 aromatic rings. The molecule has 0 saturated heterocycles. The van der Waals surface area contributed by atoms with Gasteiger partial charge in [0.25, 0.3) is 0 Å². The standard InChI is InChI=1S/C16H18F3N3/c17-16(18,19)7-9-22-8-6-13-15(21-11-20-13)14(22)10-12-4-2-1-3-5-12/h1-5,11,14H,6-10H2,(H,20,21). The van der Waals surface area contributed by atoms with Gasteiger partial charge in [-0.2, -0.15) is 13.2 Å². The van der Waals surface area contributed by atoms with Gasteiger partial charge in [0, 0.05) is 25.2 Å². The zero-order valence-electron chi connectivity index (χ0n) is 12.1. The normalized spacial score (nSPS) is 19.1. The Morgan fingerprint density at radius 3 is 2.73 bits per heavy atom. The van der Waals surface area contributed by atoms with Gasteiger partial charge in [0.2, 0.25) is 0 Å². The zero-order chi connectivity index (χ0) is 15.6. The maximum Gasteiger partial charge on any atom is 0.390 e. The first-order valence-corrected chi connectivity index (χ1v) is 7.40. The molecule has 1 aliphatic heterocycles. The number of H-pyrrole nitrogens is 1. The fourth-order valence-electron chi connectivity index (χ4n) is 3.00. The van der Waals surface area contributed by atoms with Crippen molar-refractivity contribution >= 4 is 0 Å². The molecular formula is C16H18F3N3. The monoisotopic (exact) mass is 309 g/mol. The number of rotatable bonds is 4. The Kier molecular flexibility index (Phi) is 4.20. The van der Waals surface area contributed by atoms with Crippen molar-refractivity contribution in [3.05, 3.63) is 53.6 Å². The molecule has 118 valence electrons. The Morgan fingerprint density at radius 2 is 2.00 bits per heavy atom. The molecule has 3 nitrogen and oxygen atoms in total. The highest BCUT2D eigenvalue weighted by atomic mass is 19.4. The summed E-state index contributed by atoms with van der Waals surface area (Å²) in [5.74, 6) is 0. The largest absolute Gasteiger partial charge is 0.390 e. The summed E-state index contributed by atoms with van der Waals surface area (Å²) >= 11 is 0. The minimum Gasteiger partial charge on any atom is -0.348 e. The highest BCUT2D eigenvalue weighted by Crippen LogP contribution is 2.32. The van der Waals surface area contributed by atoms with Gasteiger partial charge in [-0.25, -0.2) is 4.98 Å². The van der Waals surface area contributed by atoms with E-state index < -0.39 is 12.6 Å². The van der Waals surface area contributed by atoms with Crippen LogP contribution in [0.3, 0.4) is 0 Å². The van der Waals surface area contributed by atoms with E-state index in [1.165, 1.54) is 0 Å². The second kappa shape index (κ2) is 6.12. The smallest absolute Gasteiger partial charge is 0.348 e. The average Bonchev–Trinajstić information content (AvgIpc) is 2.95. The summed E-state index contributed by atoms with van der Waals surface area (Å²) < 4.78 is 37.7. The van der Waals surface area contributed by atoms with Crippen molar-refractivity contribution in [2.75, 3.05) is 13.1 Å². The van der Waals surface area contributed by atoms with E-state index >= 15 is 0 Å². The van der Waals surface area contributed by atoms with E-state index in [0.29, 0.717) is 13.0 Å². The lowest BCUT2D eigenvalue weighted by Gasteiger charge is -2.35. The van der Waals surface area contributed by atoms with Crippen molar-refractivity contribution in [3.8, 4) is 0 Å². The first-order chi connectivity index (χ1) is 10.5. The summed E-state index contributed by atoms with van der Waals surface area (Å²) in [5.41, 5.74) is 3.04. The van der Waals surface area contributed by atoms with E-state index in [9.17, 15) is 13.2 Å². The first kappa shape index (κ1) is 15.1. The van der Waals surface area contributed by atoms with Gasteiger partial charge in [-0.3, -0.25) is 4.90 Å². The average molecular weight is 309 g/mol. The third-order valence-corrected chi connectivity index (χ3v) is 4.11. The Balaban J connectivity index is 1.80. The first-order valence-electron chi connectivity index (χ1n) is 7.40. The Labute approximate surface area is 127 Å². The third-order valence-electron chi connectivity index (χ3n) is 4.11. The van der Waals surface area contributed by atoms with Crippen molar-refractivity contribution < 1.29 is 13.2 Å². The second-order valence-corrected chi connectivity index (χ2v) is 5.62. The van der Waals surface area contributed by atoms with Gasteiger partial charge in [-0.15, -0.1) is 0 Å². The fraction of sp³-hybridized carbons (Fsp3) is 0.438. The van der Waals surface area contributed by atoms with Crippen molar-refractivity contribution in [1.82, 2.24) is 14.9 Å². The molecule has 1 atom stereocenters. The number of nitrogens with zero attached hydrogens (tertiary/aromatic N) is 2. The van der Waals surface area contributed by atoms with E-state index in [-0.39, 0.29) is 12.6 Å². The van der Waals surface area contributed by atoms with Crippen LogP contribution in [-0.2, 0) is 12.8 Å². The van der Waals surface area contributed by atoms with Gasteiger partial charge >= 0.3 is 6.18 Å². The second-order valence-electron chi connectivity index (χ2n) is 5.62. The molecule has 2 heterocycles. The quantitative estimate of drug-likeness (QED) is 0.937. The number of imidazole rings is 1. The highest BCUT2D eigenvalue weighted by molar-refractivity contribution is 5.24. The topological polar surface area (TPSA) is 31.9 Å². The van der Waals surface area contributed by atoms with Crippen LogP contribution in [0.5, 0.6) is 0 Å². The van der Waals surface area contributed by atoms with E-state index in [1.807, 2.05) is 35.2 Å². The van der Waals surface area contributed by atoms with Gasteiger partial charge in [0.1, 0.15) is 0 Å². The van der Waals surface area contributed by atoms with Crippen LogP contribution in [-0.4, -0.2) is 34.1 Å². The summed E-state index contributed by atoms with van der Waals surface area (Å²) in [6.45, 7) is 0.649. The van der Waals surface area contributed by atoms with Crippen LogP contribution in [0.15, 0.2) is 36.7 Å². The van der Waals surface area contributed by atoms with Crippen molar-refractivity contribution in [2.24, 2.45) is 0 Å². The summed E-state index contributed by atoms with van der Waals surface area (Å²) in [5, 5.41) is 0. The van der Waals surface area contributed by atoms with Crippen LogP contribution in [0.25, 0.3) is 0 Å². The predicted molar refractivity (Wildman–Crippen MR) is 77.4 cm³/mol. The molecule has 0 radical (unpaired) electrons. The minimum absolute atomic E-state index is 0.0211. The number of aromatic nitrogens is 2. The minimum atomic E-state index is -4.12. The molecular weight excluding hydrogens is 291 g/mol. The van der Waals surface area contributed by atoms with Crippen LogP contribution in [0.4, 0.5) is 13.2 Å². The number of alkyl halides is 3. The maximum absolute atomic E-state index is 12.6. The Morgan fingerprint density at radius 1 is 1.23 bits per heavy atom. The van der Waals surface area contributed by atoms with Gasteiger partial charge < -0.3 is 4.98 Å². The van der Waals surface area contributed by atoms with Crippen LogP contribution in [0, 0.1) is 0 Å². The lowest BCUT2D eigenvalue weighted by Crippen LogP contribution is -2.38. The van der Waals surface area contributed by atoms with Crippen molar-refractivity contribution in [2.45, 2.75) is 31.5 Å². The lowest BCUT2D eigenvalue weighted by atomic mass is 9.96. The number of benzene rings is 1. The van der Waals surface area contributed by atoms with Gasteiger partial charge in [0.05, 0.1) is 24.5 Å². The van der Waals surface area contributed by atoms with Crippen LogP contribution < -0.4 is 0 Å². The molecule has 0 aliphatic carbocycles. The van der Waals surface area contributed by atoms with Crippen LogP contribution >= 0.6 is 0 Å².